The summed E-state index contributed by atoms with van der Waals surface area (Å²) in [6, 6.07) is 8.24. The standard InChI is InChI=1S/C15H24NO4P/c1-5-11-19-15(17)13(4)16-21(18,12(2)3)20-14-9-7-6-8-10-14/h6-10,12-13H,5,11H2,1-4H3,(H,16,18)/t13-,21?/m0/s1. The molecule has 21 heavy (non-hydrogen) atoms. The maximum absolute atomic E-state index is 12.9. The number of hydrogen-bond acceptors (Lipinski definition) is 4. The SMILES string of the molecule is CCCOC(=O)[C@H](C)NP(=O)(Oc1ccccc1)C(C)C. The molecule has 0 amide bonds. The molecule has 1 unspecified atom stereocenters. The van der Waals surface area contributed by atoms with Gasteiger partial charge < -0.3 is 9.26 Å². The van der Waals surface area contributed by atoms with Crippen LogP contribution in [0.4, 0.5) is 0 Å². The molecule has 0 fully saturated rings. The average molecular weight is 313 g/mol. The first-order valence-corrected chi connectivity index (χ1v) is 8.87. The molecule has 2 atom stereocenters. The van der Waals surface area contributed by atoms with E-state index in [1.165, 1.54) is 0 Å². The first-order valence-electron chi connectivity index (χ1n) is 7.18. The average Bonchev–Trinajstić information content (AvgIpc) is 2.45. The van der Waals surface area contributed by atoms with E-state index in [-0.39, 0.29) is 5.66 Å². The van der Waals surface area contributed by atoms with E-state index in [1.54, 1.807) is 45.0 Å². The molecule has 5 nitrogen and oxygen atoms in total. The topological polar surface area (TPSA) is 64.6 Å². The second-order valence-electron chi connectivity index (χ2n) is 5.11. The number of ether oxygens (including phenoxy) is 1. The van der Waals surface area contributed by atoms with Crippen LogP contribution in [0.1, 0.15) is 34.1 Å². The minimum atomic E-state index is -3.21. The Morgan fingerprint density at radius 3 is 2.38 bits per heavy atom. The van der Waals surface area contributed by atoms with Crippen molar-refractivity contribution < 1.29 is 18.6 Å². The van der Waals surface area contributed by atoms with Crippen LogP contribution >= 0.6 is 7.52 Å². The summed E-state index contributed by atoms with van der Waals surface area (Å²) in [6.07, 6.45) is 0.751. The number of carbonyl (C=O) groups is 1. The van der Waals surface area contributed by atoms with E-state index in [1.807, 2.05) is 13.0 Å². The third kappa shape index (κ3) is 5.52. The Morgan fingerprint density at radius 2 is 1.86 bits per heavy atom. The lowest BCUT2D eigenvalue weighted by molar-refractivity contribution is -0.145. The minimum Gasteiger partial charge on any atom is -0.465 e. The molecule has 0 aromatic heterocycles. The monoisotopic (exact) mass is 313 g/mol. The van der Waals surface area contributed by atoms with Crippen molar-refractivity contribution in [1.82, 2.24) is 5.09 Å². The molecule has 0 saturated heterocycles. The molecule has 0 bridgehead atoms. The minimum absolute atomic E-state index is 0.265. The molecule has 1 aromatic carbocycles. The number of esters is 1. The predicted octanol–water partition coefficient (Wildman–Crippen LogP) is 3.60. The zero-order valence-corrected chi connectivity index (χ0v) is 13.9. The van der Waals surface area contributed by atoms with Gasteiger partial charge in [-0.05, 0) is 25.5 Å². The van der Waals surface area contributed by atoms with Crippen molar-refractivity contribution in [2.45, 2.75) is 45.8 Å². The molecule has 0 spiro atoms. The lowest BCUT2D eigenvalue weighted by Gasteiger charge is -2.26. The van der Waals surface area contributed by atoms with Gasteiger partial charge in [0.1, 0.15) is 11.8 Å². The van der Waals surface area contributed by atoms with Gasteiger partial charge in [0, 0.05) is 0 Å². The summed E-state index contributed by atoms with van der Waals surface area (Å²) in [4.78, 5) is 11.8. The highest BCUT2D eigenvalue weighted by molar-refractivity contribution is 7.58. The van der Waals surface area contributed by atoms with Crippen molar-refractivity contribution in [2.75, 3.05) is 6.61 Å². The summed E-state index contributed by atoms with van der Waals surface area (Å²) in [5.41, 5.74) is -0.265. The number of carbonyl (C=O) groups excluding carboxylic acids is 1. The molecule has 1 N–H and O–H groups in total. The van der Waals surface area contributed by atoms with Crippen molar-refractivity contribution >= 4 is 13.5 Å². The van der Waals surface area contributed by atoms with Gasteiger partial charge in [-0.25, -0.2) is 5.09 Å². The van der Waals surface area contributed by atoms with Crippen LogP contribution < -0.4 is 9.61 Å². The van der Waals surface area contributed by atoms with Crippen molar-refractivity contribution in [2.24, 2.45) is 0 Å². The van der Waals surface area contributed by atoms with Gasteiger partial charge in [-0.3, -0.25) is 9.36 Å². The maximum Gasteiger partial charge on any atom is 0.323 e. The molecule has 0 aliphatic heterocycles. The fourth-order valence-corrected chi connectivity index (χ4v) is 3.21. The van der Waals surface area contributed by atoms with Crippen LogP contribution in [0.2, 0.25) is 0 Å². The van der Waals surface area contributed by atoms with Crippen LogP contribution in [-0.2, 0) is 14.1 Å². The van der Waals surface area contributed by atoms with Crippen LogP contribution in [-0.4, -0.2) is 24.3 Å². The summed E-state index contributed by atoms with van der Waals surface area (Å²) in [5.74, 6) is 0.0885. The highest BCUT2D eigenvalue weighted by Gasteiger charge is 2.33. The predicted molar refractivity (Wildman–Crippen MR) is 83.7 cm³/mol. The first-order chi connectivity index (χ1) is 9.89. The summed E-state index contributed by atoms with van der Waals surface area (Å²) in [7, 11) is -3.21. The van der Waals surface area contributed by atoms with Crippen molar-refractivity contribution in [3.8, 4) is 5.75 Å². The molecule has 0 heterocycles. The van der Waals surface area contributed by atoms with E-state index in [9.17, 15) is 9.36 Å². The summed E-state index contributed by atoms with van der Waals surface area (Å²) >= 11 is 0. The number of nitrogens with one attached hydrogen (secondary N) is 1. The fraction of sp³-hybridized carbons (Fsp3) is 0.533. The van der Waals surface area contributed by atoms with Crippen LogP contribution in [0.5, 0.6) is 5.75 Å². The lowest BCUT2D eigenvalue weighted by atomic mass is 10.3. The lowest BCUT2D eigenvalue weighted by Crippen LogP contribution is -2.36. The third-order valence-electron chi connectivity index (χ3n) is 2.84. The molecule has 118 valence electrons. The molecule has 0 aliphatic carbocycles. The number of benzene rings is 1. The first kappa shape index (κ1) is 17.7. The Hall–Kier alpha value is -1.32. The molecule has 0 radical (unpaired) electrons. The Morgan fingerprint density at radius 1 is 1.24 bits per heavy atom. The molecule has 1 rings (SSSR count). The Bertz CT molecular complexity index is 490. The van der Waals surface area contributed by atoms with E-state index >= 15 is 0 Å². The maximum atomic E-state index is 12.9. The number of rotatable bonds is 8. The zero-order chi connectivity index (χ0) is 15.9. The molecular formula is C15H24NO4P. The third-order valence-corrected chi connectivity index (χ3v) is 5.43. The van der Waals surface area contributed by atoms with Crippen molar-refractivity contribution in [1.29, 1.82) is 0 Å². The van der Waals surface area contributed by atoms with Gasteiger partial charge in [0.25, 0.3) is 0 Å². The van der Waals surface area contributed by atoms with Crippen molar-refractivity contribution in [3.05, 3.63) is 30.3 Å². The molecular weight excluding hydrogens is 289 g/mol. The summed E-state index contributed by atoms with van der Waals surface area (Å²) in [6.45, 7) is 7.49. The molecule has 1 aromatic rings. The van der Waals surface area contributed by atoms with Crippen LogP contribution in [0.3, 0.4) is 0 Å². The summed E-state index contributed by atoms with van der Waals surface area (Å²) < 4.78 is 23.6. The van der Waals surface area contributed by atoms with Crippen LogP contribution in [0.15, 0.2) is 30.3 Å². The van der Waals surface area contributed by atoms with Crippen molar-refractivity contribution in [3.63, 3.8) is 0 Å². The second-order valence-corrected chi connectivity index (χ2v) is 7.78. The van der Waals surface area contributed by atoms with E-state index in [2.05, 4.69) is 5.09 Å². The molecule has 6 heteroatoms. The van der Waals surface area contributed by atoms with Gasteiger partial charge >= 0.3 is 13.5 Å². The van der Waals surface area contributed by atoms with E-state index < -0.39 is 19.5 Å². The second kappa shape index (κ2) is 8.20. The van der Waals surface area contributed by atoms with Gasteiger partial charge in [0.2, 0.25) is 0 Å². The smallest absolute Gasteiger partial charge is 0.323 e. The summed E-state index contributed by atoms with van der Waals surface area (Å²) in [5, 5.41) is 2.81. The van der Waals surface area contributed by atoms with E-state index in [4.69, 9.17) is 9.26 Å². The van der Waals surface area contributed by atoms with Gasteiger partial charge in [-0.1, -0.05) is 39.0 Å². The fourth-order valence-electron chi connectivity index (χ4n) is 1.57. The number of para-hydroxylation sites is 1. The Labute approximate surface area is 126 Å². The van der Waals surface area contributed by atoms with E-state index in [0.29, 0.717) is 12.4 Å². The quantitative estimate of drug-likeness (QED) is 0.587. The van der Waals surface area contributed by atoms with Gasteiger partial charge in [-0.15, -0.1) is 0 Å². The normalized spacial score (nSPS) is 15.3. The number of hydrogen-bond donors (Lipinski definition) is 1. The van der Waals surface area contributed by atoms with Crippen LogP contribution in [0, 0.1) is 0 Å². The molecule has 0 aliphatic rings. The Balaban J connectivity index is 2.77. The van der Waals surface area contributed by atoms with Gasteiger partial charge in [0.05, 0.1) is 12.3 Å². The highest BCUT2D eigenvalue weighted by atomic mass is 31.2. The molecule has 0 saturated carbocycles. The van der Waals surface area contributed by atoms with Gasteiger partial charge in [-0.2, -0.15) is 0 Å². The Kier molecular flexibility index (Phi) is 6.93. The van der Waals surface area contributed by atoms with Crippen LogP contribution in [0.25, 0.3) is 0 Å². The highest BCUT2D eigenvalue weighted by Crippen LogP contribution is 2.48. The van der Waals surface area contributed by atoms with Gasteiger partial charge in [0.15, 0.2) is 0 Å². The largest absolute Gasteiger partial charge is 0.465 e. The van der Waals surface area contributed by atoms with E-state index in [0.717, 1.165) is 6.42 Å². The zero-order valence-electron chi connectivity index (χ0n) is 13.0.